The van der Waals surface area contributed by atoms with E-state index in [9.17, 15) is 10.5 Å². The topological polar surface area (TPSA) is 115 Å². The molecule has 0 amide bonds. The zero-order chi connectivity index (χ0) is 14.1. The van der Waals surface area contributed by atoms with Gasteiger partial charge in [0.15, 0.2) is 0 Å². The Hall–Kier alpha value is -1.79. The Morgan fingerprint density at radius 3 is 2.47 bits per heavy atom. The molecule has 0 aromatic rings. The van der Waals surface area contributed by atoms with Gasteiger partial charge in [0.1, 0.15) is 18.9 Å². The number of ether oxygens (including phenoxy) is 2. The van der Waals surface area contributed by atoms with Gasteiger partial charge in [0.25, 0.3) is 5.60 Å². The van der Waals surface area contributed by atoms with Crippen LogP contribution in [0.3, 0.4) is 0 Å². The fraction of sp³-hybridized carbons (Fsp3) is 0.833. The first-order valence-electron chi connectivity index (χ1n) is 6.23. The zero-order valence-corrected chi connectivity index (χ0v) is 10.9. The van der Waals surface area contributed by atoms with Gasteiger partial charge in [-0.25, -0.2) is 0 Å². The molecule has 102 valence electrons. The normalized spacial score (nSPS) is 17.8. The quantitative estimate of drug-likeness (QED) is 0.317. The largest absolute Gasteiger partial charge is 0.359 e. The fourth-order valence-corrected chi connectivity index (χ4v) is 2.47. The molecule has 0 aromatic carbocycles. The van der Waals surface area contributed by atoms with E-state index < -0.39 is 11.6 Å². The highest BCUT2D eigenvalue weighted by molar-refractivity contribution is 5.24. The van der Waals surface area contributed by atoms with Crippen molar-refractivity contribution in [3.8, 4) is 12.1 Å². The molecule has 1 unspecified atom stereocenters. The van der Waals surface area contributed by atoms with E-state index >= 15 is 0 Å². The molecule has 0 bridgehead atoms. The highest BCUT2D eigenvalue weighted by Crippen LogP contribution is 2.34. The lowest BCUT2D eigenvalue weighted by Crippen LogP contribution is -2.46. The number of methoxy groups -OCH3 is 1. The lowest BCUT2D eigenvalue weighted by atomic mass is 9.78. The second-order valence-corrected chi connectivity index (χ2v) is 4.56. The number of rotatable bonds is 6. The predicted molar refractivity (Wildman–Crippen MR) is 66.4 cm³/mol. The van der Waals surface area contributed by atoms with E-state index in [1.165, 1.54) is 7.11 Å². The SMILES string of the molecule is COCOC(C#N)(C#N)C(N=[N+]=[N-])C1CCCCC1. The monoisotopic (exact) mass is 263 g/mol. The highest BCUT2D eigenvalue weighted by atomic mass is 16.7. The Morgan fingerprint density at radius 1 is 1.37 bits per heavy atom. The third-order valence-corrected chi connectivity index (χ3v) is 3.43. The lowest BCUT2D eigenvalue weighted by Gasteiger charge is -2.33. The molecule has 0 N–H and O–H groups in total. The minimum absolute atomic E-state index is 0.000746. The summed E-state index contributed by atoms with van der Waals surface area (Å²) in [5.74, 6) is 0.000746. The van der Waals surface area contributed by atoms with Crippen LogP contribution in [-0.4, -0.2) is 25.5 Å². The zero-order valence-electron chi connectivity index (χ0n) is 10.9. The maximum Gasteiger partial charge on any atom is 0.251 e. The van der Waals surface area contributed by atoms with E-state index in [4.69, 9.17) is 15.0 Å². The summed E-state index contributed by atoms with van der Waals surface area (Å²) in [7, 11) is 1.41. The third kappa shape index (κ3) is 3.59. The molecule has 1 saturated carbocycles. The molecule has 1 aliphatic rings. The van der Waals surface area contributed by atoms with E-state index in [-0.39, 0.29) is 12.7 Å². The first-order chi connectivity index (χ1) is 9.24. The van der Waals surface area contributed by atoms with E-state index in [0.29, 0.717) is 0 Å². The molecule has 0 heterocycles. The molecule has 19 heavy (non-hydrogen) atoms. The molecule has 7 heteroatoms. The van der Waals surface area contributed by atoms with Gasteiger partial charge in [0.2, 0.25) is 0 Å². The van der Waals surface area contributed by atoms with Gasteiger partial charge >= 0.3 is 0 Å². The number of nitriles is 2. The second kappa shape index (κ2) is 7.60. The van der Waals surface area contributed by atoms with Crippen LogP contribution in [-0.2, 0) is 9.47 Å². The number of hydrogen-bond acceptors (Lipinski definition) is 5. The highest BCUT2D eigenvalue weighted by Gasteiger charge is 2.45. The van der Waals surface area contributed by atoms with Gasteiger partial charge in [-0.3, -0.25) is 0 Å². The van der Waals surface area contributed by atoms with E-state index in [0.717, 1.165) is 32.1 Å². The molecule has 0 aliphatic heterocycles. The summed E-state index contributed by atoms with van der Waals surface area (Å²) in [6.07, 6.45) is 4.83. The van der Waals surface area contributed by atoms with E-state index in [2.05, 4.69) is 10.0 Å². The van der Waals surface area contributed by atoms with Crippen LogP contribution in [0.25, 0.3) is 10.4 Å². The number of hydrogen-bond donors (Lipinski definition) is 0. The summed E-state index contributed by atoms with van der Waals surface area (Å²) in [6, 6.07) is 2.91. The smallest absolute Gasteiger partial charge is 0.251 e. The Balaban J connectivity index is 3.01. The van der Waals surface area contributed by atoms with Crippen molar-refractivity contribution in [1.29, 1.82) is 10.5 Å². The summed E-state index contributed by atoms with van der Waals surface area (Å²) in [4.78, 5) is 2.78. The molecule has 1 fully saturated rings. The minimum Gasteiger partial charge on any atom is -0.359 e. The van der Waals surface area contributed by atoms with Gasteiger partial charge in [-0.1, -0.05) is 24.4 Å². The molecule has 0 aromatic heterocycles. The molecule has 0 saturated heterocycles. The molecule has 0 spiro atoms. The second-order valence-electron chi connectivity index (χ2n) is 4.56. The molecular weight excluding hydrogens is 246 g/mol. The van der Waals surface area contributed by atoms with Gasteiger partial charge in [0.05, 0.1) is 6.04 Å². The van der Waals surface area contributed by atoms with Crippen molar-refractivity contribution in [2.75, 3.05) is 13.9 Å². The minimum atomic E-state index is -1.77. The molecule has 1 aliphatic carbocycles. The third-order valence-electron chi connectivity index (χ3n) is 3.43. The predicted octanol–water partition coefficient (Wildman–Crippen LogP) is 2.65. The summed E-state index contributed by atoms with van der Waals surface area (Å²) >= 11 is 0. The number of azide groups is 1. The van der Waals surface area contributed by atoms with Gasteiger partial charge < -0.3 is 9.47 Å². The fourth-order valence-electron chi connectivity index (χ4n) is 2.47. The molecule has 1 atom stereocenters. The standard InChI is InChI=1S/C12H17N5O2/c1-18-9-19-12(7-13,8-14)11(16-17-15)10-5-3-2-4-6-10/h10-11H,2-6,9H2,1H3. The number of nitrogens with zero attached hydrogens (tertiary/aromatic N) is 5. The molecule has 7 nitrogen and oxygen atoms in total. The Bertz CT molecular complexity index is 399. The van der Waals surface area contributed by atoms with Crippen LogP contribution in [0, 0.1) is 28.6 Å². The van der Waals surface area contributed by atoms with Crippen molar-refractivity contribution in [3.05, 3.63) is 10.4 Å². The molecule has 0 radical (unpaired) electrons. The van der Waals surface area contributed by atoms with E-state index in [1.807, 2.05) is 12.1 Å². The van der Waals surface area contributed by atoms with Crippen molar-refractivity contribution in [3.63, 3.8) is 0 Å². The van der Waals surface area contributed by atoms with E-state index in [1.54, 1.807) is 0 Å². The first-order valence-corrected chi connectivity index (χ1v) is 6.23. The van der Waals surface area contributed by atoms with Crippen LogP contribution in [0.15, 0.2) is 5.11 Å². The average molecular weight is 263 g/mol. The maximum atomic E-state index is 9.29. The summed E-state index contributed by atoms with van der Waals surface area (Å²) in [5, 5.41) is 22.3. The molecule has 1 rings (SSSR count). The van der Waals surface area contributed by atoms with Crippen molar-refractivity contribution < 1.29 is 9.47 Å². The lowest BCUT2D eigenvalue weighted by molar-refractivity contribution is -0.0966. The van der Waals surface area contributed by atoms with Crippen molar-refractivity contribution >= 4 is 0 Å². The Morgan fingerprint density at radius 2 is 2.00 bits per heavy atom. The van der Waals surface area contributed by atoms with Gasteiger partial charge in [-0.15, -0.1) is 0 Å². The van der Waals surface area contributed by atoms with Crippen LogP contribution in [0.4, 0.5) is 0 Å². The summed E-state index contributed by atoms with van der Waals surface area (Å²) in [6.45, 7) is -0.189. The van der Waals surface area contributed by atoms with Crippen LogP contribution < -0.4 is 0 Å². The van der Waals surface area contributed by atoms with Crippen LogP contribution >= 0.6 is 0 Å². The van der Waals surface area contributed by atoms with Crippen molar-refractivity contribution in [2.45, 2.75) is 43.7 Å². The first kappa shape index (κ1) is 15.3. The van der Waals surface area contributed by atoms with Gasteiger partial charge in [0, 0.05) is 12.0 Å². The van der Waals surface area contributed by atoms with Crippen LogP contribution in [0.5, 0.6) is 0 Å². The van der Waals surface area contributed by atoms with Gasteiger partial charge in [-0.05, 0) is 24.3 Å². The average Bonchev–Trinajstić information content (AvgIpc) is 2.48. The van der Waals surface area contributed by atoms with Crippen LogP contribution in [0.1, 0.15) is 32.1 Å². The summed E-state index contributed by atoms with van der Waals surface area (Å²) in [5.41, 5.74) is 6.93. The maximum absolute atomic E-state index is 9.29. The molecular formula is C12H17N5O2. The van der Waals surface area contributed by atoms with Crippen molar-refractivity contribution in [1.82, 2.24) is 0 Å². The van der Waals surface area contributed by atoms with Crippen molar-refractivity contribution in [2.24, 2.45) is 11.0 Å². The Labute approximate surface area is 112 Å². The van der Waals surface area contributed by atoms with Crippen LogP contribution in [0.2, 0.25) is 0 Å². The van der Waals surface area contributed by atoms with Gasteiger partial charge in [-0.2, -0.15) is 10.5 Å². The summed E-state index contributed by atoms with van der Waals surface area (Å²) < 4.78 is 9.99. The Kier molecular flexibility index (Phi) is 6.11.